The molecule has 0 spiro atoms. The molecule has 0 aliphatic carbocycles. The molecule has 9 heteroatoms. The molecular formula is C18H19ClN2O5S. The molecule has 144 valence electrons. The van der Waals surface area contributed by atoms with E-state index in [1.54, 1.807) is 36.4 Å². The number of benzene rings is 2. The molecule has 1 aliphatic rings. The summed E-state index contributed by atoms with van der Waals surface area (Å²) in [6.45, 7) is 1.73. The fraction of sp³-hybridized carbons (Fsp3) is 0.278. The van der Waals surface area contributed by atoms with Gasteiger partial charge in [0.25, 0.3) is 5.91 Å². The number of nitrogens with zero attached hydrogens (tertiary/aromatic N) is 1. The maximum atomic E-state index is 12.7. The Kier molecular flexibility index (Phi) is 5.21. The second-order valence-electron chi connectivity index (χ2n) is 6.21. The number of carbonyl (C=O) groups excluding carboxylic acids is 1. The predicted molar refractivity (Wildman–Crippen MR) is 104 cm³/mol. The van der Waals surface area contributed by atoms with Crippen molar-refractivity contribution >= 4 is 38.9 Å². The number of fused-ring (bicyclic) bond motifs is 1. The van der Waals surface area contributed by atoms with Crippen LogP contribution in [0.2, 0.25) is 5.02 Å². The molecule has 7 nitrogen and oxygen atoms in total. The van der Waals surface area contributed by atoms with Gasteiger partial charge in [-0.15, -0.1) is 0 Å². The van der Waals surface area contributed by atoms with Gasteiger partial charge in [-0.2, -0.15) is 0 Å². The van der Waals surface area contributed by atoms with Gasteiger partial charge in [-0.3, -0.25) is 9.10 Å². The highest BCUT2D eigenvalue weighted by Gasteiger charge is 2.35. The normalized spacial score (nSPS) is 16.3. The van der Waals surface area contributed by atoms with Crippen molar-refractivity contribution in [3.8, 4) is 11.5 Å². The first kappa shape index (κ1) is 19.3. The van der Waals surface area contributed by atoms with Crippen LogP contribution in [-0.4, -0.2) is 40.3 Å². The molecule has 2 aromatic rings. The molecule has 0 saturated heterocycles. The van der Waals surface area contributed by atoms with Gasteiger partial charge in [-0.25, -0.2) is 8.42 Å². The Balaban J connectivity index is 1.86. The number of halogens is 1. The monoisotopic (exact) mass is 410 g/mol. The van der Waals surface area contributed by atoms with Crippen molar-refractivity contribution in [3.05, 3.63) is 47.0 Å². The second kappa shape index (κ2) is 7.28. The van der Waals surface area contributed by atoms with Gasteiger partial charge >= 0.3 is 0 Å². The smallest absolute Gasteiger partial charge is 0.267 e. The molecule has 0 fully saturated rings. The Hall–Kier alpha value is -2.45. The van der Waals surface area contributed by atoms with E-state index in [0.29, 0.717) is 27.9 Å². The van der Waals surface area contributed by atoms with Crippen molar-refractivity contribution in [1.82, 2.24) is 0 Å². The van der Waals surface area contributed by atoms with Crippen LogP contribution in [0.25, 0.3) is 0 Å². The molecule has 0 unspecified atom stereocenters. The number of aryl methyl sites for hydroxylation is 1. The third kappa shape index (κ3) is 4.12. The molecule has 1 N–H and O–H groups in total. The van der Waals surface area contributed by atoms with Crippen molar-refractivity contribution in [2.45, 2.75) is 13.0 Å². The lowest BCUT2D eigenvalue weighted by atomic mass is 10.1. The summed E-state index contributed by atoms with van der Waals surface area (Å²) in [5, 5.41) is 3.04. The maximum Gasteiger partial charge on any atom is 0.267 e. The van der Waals surface area contributed by atoms with Crippen molar-refractivity contribution in [1.29, 1.82) is 0 Å². The first-order valence-corrected chi connectivity index (χ1v) is 10.3. The molecule has 0 bridgehead atoms. The van der Waals surface area contributed by atoms with E-state index in [1.165, 1.54) is 11.4 Å². The summed E-state index contributed by atoms with van der Waals surface area (Å²) in [7, 11) is -2.08. The van der Waals surface area contributed by atoms with Gasteiger partial charge in [-0.1, -0.05) is 17.7 Å². The number of methoxy groups -OCH3 is 1. The zero-order chi connectivity index (χ0) is 19.8. The molecule has 1 amide bonds. The van der Waals surface area contributed by atoms with E-state index in [9.17, 15) is 13.2 Å². The van der Waals surface area contributed by atoms with Crippen LogP contribution in [0.4, 0.5) is 11.4 Å². The van der Waals surface area contributed by atoms with E-state index in [1.807, 2.05) is 6.92 Å². The molecule has 27 heavy (non-hydrogen) atoms. The number of hydrogen-bond donors (Lipinski definition) is 1. The van der Waals surface area contributed by atoms with Crippen molar-refractivity contribution < 1.29 is 22.7 Å². The van der Waals surface area contributed by atoms with Gasteiger partial charge in [-0.05, 0) is 42.8 Å². The quantitative estimate of drug-likeness (QED) is 0.837. The molecular weight excluding hydrogens is 392 g/mol. The Bertz CT molecular complexity index is 993. The van der Waals surface area contributed by atoms with Crippen LogP contribution < -0.4 is 19.1 Å². The standard InChI is InChI=1S/C18H19ClN2O5S/c1-11-4-6-16-14(8-11)21(27(3,23)24)10-17(26-16)18(22)20-12-5-7-15(25-2)13(19)9-12/h4-9,17H,10H2,1-3H3,(H,20,22)/t17-/m0/s1. The molecule has 1 atom stereocenters. The van der Waals surface area contributed by atoms with Crippen LogP contribution in [0.15, 0.2) is 36.4 Å². The number of amides is 1. The number of rotatable bonds is 4. The van der Waals surface area contributed by atoms with Crippen molar-refractivity contribution in [2.75, 3.05) is 29.5 Å². The molecule has 0 aromatic heterocycles. The topological polar surface area (TPSA) is 84.9 Å². The molecule has 1 aliphatic heterocycles. The first-order chi connectivity index (χ1) is 12.7. The van der Waals surface area contributed by atoms with Gasteiger partial charge in [0.05, 0.1) is 30.6 Å². The third-order valence-corrected chi connectivity index (χ3v) is 5.54. The Morgan fingerprint density at radius 3 is 2.67 bits per heavy atom. The zero-order valence-electron chi connectivity index (χ0n) is 15.0. The number of sulfonamides is 1. The van der Waals surface area contributed by atoms with Crippen LogP contribution in [-0.2, 0) is 14.8 Å². The number of ether oxygens (including phenoxy) is 2. The number of hydrogen-bond acceptors (Lipinski definition) is 5. The van der Waals surface area contributed by atoms with E-state index >= 15 is 0 Å². The second-order valence-corrected chi connectivity index (χ2v) is 8.52. The number of carbonyl (C=O) groups is 1. The Labute approximate surface area is 162 Å². The summed E-state index contributed by atoms with van der Waals surface area (Å²) >= 11 is 6.07. The fourth-order valence-corrected chi connectivity index (χ4v) is 3.94. The van der Waals surface area contributed by atoms with Gasteiger partial charge in [0.15, 0.2) is 6.10 Å². The first-order valence-electron chi connectivity index (χ1n) is 8.08. The summed E-state index contributed by atoms with van der Waals surface area (Å²) in [5.41, 5.74) is 1.77. The van der Waals surface area contributed by atoms with Gasteiger partial charge in [0.1, 0.15) is 11.5 Å². The molecule has 0 saturated carbocycles. The van der Waals surface area contributed by atoms with Crippen molar-refractivity contribution in [3.63, 3.8) is 0 Å². The Morgan fingerprint density at radius 2 is 2.04 bits per heavy atom. The van der Waals surface area contributed by atoms with Crippen LogP contribution in [0.5, 0.6) is 11.5 Å². The van der Waals surface area contributed by atoms with Crippen LogP contribution in [0.1, 0.15) is 5.56 Å². The highest BCUT2D eigenvalue weighted by molar-refractivity contribution is 7.92. The predicted octanol–water partition coefficient (Wildman–Crippen LogP) is 2.82. The Morgan fingerprint density at radius 1 is 1.30 bits per heavy atom. The summed E-state index contributed by atoms with van der Waals surface area (Å²) in [6.07, 6.45) is 0.0960. The van der Waals surface area contributed by atoms with E-state index in [2.05, 4.69) is 5.32 Å². The SMILES string of the molecule is COc1ccc(NC(=O)[C@@H]2CN(S(C)(=O)=O)c3cc(C)ccc3O2)cc1Cl. The highest BCUT2D eigenvalue weighted by atomic mass is 35.5. The summed E-state index contributed by atoms with van der Waals surface area (Å²) in [5.74, 6) is 0.345. The average Bonchev–Trinajstić information content (AvgIpc) is 2.60. The molecule has 1 heterocycles. The molecule has 0 radical (unpaired) electrons. The lowest BCUT2D eigenvalue weighted by Crippen LogP contribution is -2.48. The van der Waals surface area contributed by atoms with Gasteiger partial charge < -0.3 is 14.8 Å². The summed E-state index contributed by atoms with van der Waals surface area (Å²) in [6, 6.07) is 9.98. The van der Waals surface area contributed by atoms with Crippen LogP contribution in [0.3, 0.4) is 0 Å². The minimum Gasteiger partial charge on any atom is -0.495 e. The lowest BCUT2D eigenvalue weighted by Gasteiger charge is -2.34. The summed E-state index contributed by atoms with van der Waals surface area (Å²) in [4.78, 5) is 12.7. The molecule has 3 rings (SSSR count). The van der Waals surface area contributed by atoms with Crippen LogP contribution >= 0.6 is 11.6 Å². The number of nitrogens with one attached hydrogen (secondary N) is 1. The summed E-state index contributed by atoms with van der Waals surface area (Å²) < 4.78 is 36.4. The average molecular weight is 411 g/mol. The lowest BCUT2D eigenvalue weighted by molar-refractivity contribution is -0.122. The van der Waals surface area contributed by atoms with Gasteiger partial charge in [0.2, 0.25) is 10.0 Å². The number of anilines is 2. The highest BCUT2D eigenvalue weighted by Crippen LogP contribution is 2.36. The maximum absolute atomic E-state index is 12.7. The van der Waals surface area contributed by atoms with E-state index < -0.39 is 22.0 Å². The zero-order valence-corrected chi connectivity index (χ0v) is 16.6. The van der Waals surface area contributed by atoms with Gasteiger partial charge in [0, 0.05) is 5.69 Å². The van der Waals surface area contributed by atoms with E-state index in [0.717, 1.165) is 11.8 Å². The van der Waals surface area contributed by atoms with Crippen molar-refractivity contribution in [2.24, 2.45) is 0 Å². The largest absolute Gasteiger partial charge is 0.495 e. The molecule has 2 aromatic carbocycles. The fourth-order valence-electron chi connectivity index (χ4n) is 2.78. The van der Waals surface area contributed by atoms with E-state index in [-0.39, 0.29) is 6.54 Å². The van der Waals surface area contributed by atoms with Crippen LogP contribution in [0, 0.1) is 6.92 Å². The minimum atomic E-state index is -3.58. The minimum absolute atomic E-state index is 0.120. The van der Waals surface area contributed by atoms with E-state index in [4.69, 9.17) is 21.1 Å². The third-order valence-electron chi connectivity index (χ3n) is 4.10.